The Morgan fingerprint density at radius 2 is 2.00 bits per heavy atom. The average molecular weight is 354 g/mol. The molecule has 2 heterocycles. The number of nitrogens with one attached hydrogen (secondary N) is 1. The molecule has 0 atom stereocenters. The molecule has 0 bridgehead atoms. The molecular formula is C20H26N4O2. The van der Waals surface area contributed by atoms with Crippen molar-refractivity contribution in [3.05, 3.63) is 46.3 Å². The van der Waals surface area contributed by atoms with E-state index < -0.39 is 0 Å². The minimum atomic E-state index is -0.129. The van der Waals surface area contributed by atoms with Crippen LogP contribution in [0.2, 0.25) is 0 Å². The predicted octanol–water partition coefficient (Wildman–Crippen LogP) is 2.15. The van der Waals surface area contributed by atoms with Crippen LogP contribution in [0.25, 0.3) is 0 Å². The van der Waals surface area contributed by atoms with Crippen molar-refractivity contribution in [2.45, 2.75) is 45.3 Å². The third-order valence-electron chi connectivity index (χ3n) is 5.37. The summed E-state index contributed by atoms with van der Waals surface area (Å²) in [6.45, 7) is 3.21. The van der Waals surface area contributed by atoms with E-state index in [9.17, 15) is 4.79 Å². The highest BCUT2D eigenvalue weighted by Crippen LogP contribution is 2.29. The van der Waals surface area contributed by atoms with E-state index in [-0.39, 0.29) is 5.91 Å². The van der Waals surface area contributed by atoms with Gasteiger partial charge in [-0.3, -0.25) is 9.48 Å². The molecule has 2 aliphatic rings. The van der Waals surface area contributed by atoms with Gasteiger partial charge >= 0.3 is 0 Å². The van der Waals surface area contributed by atoms with E-state index in [1.165, 1.54) is 17.5 Å². The average Bonchev–Trinajstić information content (AvgIpc) is 3.21. The van der Waals surface area contributed by atoms with Crippen LogP contribution in [-0.4, -0.2) is 41.3 Å². The Labute approximate surface area is 154 Å². The molecule has 0 radical (unpaired) electrons. The zero-order valence-electron chi connectivity index (χ0n) is 15.5. The van der Waals surface area contributed by atoms with Gasteiger partial charge in [0.2, 0.25) is 0 Å². The lowest BCUT2D eigenvalue weighted by molar-refractivity contribution is 0.0944. The summed E-state index contributed by atoms with van der Waals surface area (Å²) in [7, 11) is 3.79. The Morgan fingerprint density at radius 3 is 2.81 bits per heavy atom. The van der Waals surface area contributed by atoms with Crippen molar-refractivity contribution in [3.8, 4) is 5.75 Å². The van der Waals surface area contributed by atoms with Crippen LogP contribution in [-0.2, 0) is 32.5 Å². The van der Waals surface area contributed by atoms with E-state index in [4.69, 9.17) is 4.74 Å². The number of nitrogens with zero attached hydrogens (tertiary/aromatic N) is 3. The zero-order valence-corrected chi connectivity index (χ0v) is 15.5. The van der Waals surface area contributed by atoms with E-state index in [1.807, 2.05) is 10.7 Å². The van der Waals surface area contributed by atoms with Gasteiger partial charge in [0.05, 0.1) is 12.8 Å². The molecule has 0 saturated heterocycles. The van der Waals surface area contributed by atoms with Crippen LogP contribution in [0.3, 0.4) is 0 Å². The highest BCUT2D eigenvalue weighted by atomic mass is 16.5. The third kappa shape index (κ3) is 3.33. The fourth-order valence-electron chi connectivity index (χ4n) is 3.98. The fraction of sp³-hybridized carbons (Fsp3) is 0.500. The van der Waals surface area contributed by atoms with Gasteiger partial charge < -0.3 is 15.0 Å². The fourth-order valence-corrected chi connectivity index (χ4v) is 3.98. The maximum Gasteiger partial charge on any atom is 0.272 e. The number of methoxy groups -OCH3 is 1. The van der Waals surface area contributed by atoms with Crippen molar-refractivity contribution in [1.29, 1.82) is 0 Å². The zero-order chi connectivity index (χ0) is 18.1. The number of aryl methyl sites for hydroxylation is 3. The molecule has 26 heavy (non-hydrogen) atoms. The molecule has 138 valence electrons. The number of rotatable bonds is 4. The van der Waals surface area contributed by atoms with E-state index >= 15 is 0 Å². The summed E-state index contributed by atoms with van der Waals surface area (Å²) in [5, 5.41) is 7.51. The predicted molar refractivity (Wildman–Crippen MR) is 99.4 cm³/mol. The highest BCUT2D eigenvalue weighted by molar-refractivity contribution is 5.92. The Balaban J connectivity index is 1.47. The Kier molecular flexibility index (Phi) is 4.68. The maximum atomic E-state index is 12.6. The molecule has 2 aromatic rings. The summed E-state index contributed by atoms with van der Waals surface area (Å²) >= 11 is 0. The van der Waals surface area contributed by atoms with Crippen molar-refractivity contribution in [3.63, 3.8) is 0 Å². The summed E-state index contributed by atoms with van der Waals surface area (Å²) in [6, 6.07) is 6.22. The first-order valence-electron chi connectivity index (χ1n) is 9.36. The van der Waals surface area contributed by atoms with Crippen LogP contribution in [0.4, 0.5) is 0 Å². The summed E-state index contributed by atoms with van der Waals surface area (Å²) in [6.07, 6.45) is 4.48. The normalized spacial score (nSPS) is 16.7. The number of carbonyl (C=O) groups excluding carboxylic acids is 1. The van der Waals surface area contributed by atoms with Gasteiger partial charge in [0.1, 0.15) is 5.75 Å². The lowest BCUT2D eigenvalue weighted by Crippen LogP contribution is -2.24. The van der Waals surface area contributed by atoms with Gasteiger partial charge in [-0.05, 0) is 56.0 Å². The number of hydrogen-bond acceptors (Lipinski definition) is 4. The molecular weight excluding hydrogens is 328 g/mol. The standard InChI is InChI=1S/C20H26N4O2/c1-23-7-4-8-24-17(13-23)11-18(22-24)20(25)21-12-16-9-14-5-3-6-15(14)10-19(16)26-2/h9-11H,3-8,12-13H2,1-2H3,(H,21,25). The van der Waals surface area contributed by atoms with Crippen molar-refractivity contribution in [2.75, 3.05) is 20.7 Å². The van der Waals surface area contributed by atoms with E-state index in [2.05, 4.69) is 34.5 Å². The largest absolute Gasteiger partial charge is 0.496 e. The van der Waals surface area contributed by atoms with Crippen LogP contribution in [0, 0.1) is 0 Å². The van der Waals surface area contributed by atoms with E-state index in [0.29, 0.717) is 12.2 Å². The molecule has 4 rings (SSSR count). The van der Waals surface area contributed by atoms with Gasteiger partial charge in [0.15, 0.2) is 5.69 Å². The molecule has 0 saturated carbocycles. The summed E-state index contributed by atoms with van der Waals surface area (Å²) < 4.78 is 7.49. The van der Waals surface area contributed by atoms with Gasteiger partial charge in [0, 0.05) is 31.7 Å². The SMILES string of the molecule is COc1cc2c(cc1CNC(=O)c1cc3n(n1)CCCN(C)C3)CCC2. The lowest BCUT2D eigenvalue weighted by Gasteiger charge is -2.12. The van der Waals surface area contributed by atoms with E-state index in [1.54, 1.807) is 7.11 Å². The first-order valence-corrected chi connectivity index (χ1v) is 9.36. The van der Waals surface area contributed by atoms with Crippen LogP contribution in [0.15, 0.2) is 18.2 Å². The number of fused-ring (bicyclic) bond motifs is 2. The number of hydrogen-bond donors (Lipinski definition) is 1. The molecule has 6 heteroatoms. The van der Waals surface area contributed by atoms with Crippen LogP contribution < -0.4 is 10.1 Å². The number of carbonyl (C=O) groups is 1. The van der Waals surface area contributed by atoms with Crippen molar-refractivity contribution >= 4 is 5.91 Å². The van der Waals surface area contributed by atoms with E-state index in [0.717, 1.165) is 55.9 Å². The second-order valence-electron chi connectivity index (χ2n) is 7.30. The topological polar surface area (TPSA) is 59.4 Å². The summed E-state index contributed by atoms with van der Waals surface area (Å²) in [5.41, 5.74) is 5.38. The smallest absolute Gasteiger partial charge is 0.272 e. The molecule has 1 aliphatic heterocycles. The van der Waals surface area contributed by atoms with Crippen molar-refractivity contribution in [2.24, 2.45) is 0 Å². The molecule has 0 spiro atoms. The maximum absolute atomic E-state index is 12.6. The Morgan fingerprint density at radius 1 is 1.19 bits per heavy atom. The first-order chi connectivity index (χ1) is 12.6. The monoisotopic (exact) mass is 354 g/mol. The van der Waals surface area contributed by atoms with Gasteiger partial charge in [-0.25, -0.2) is 0 Å². The number of amides is 1. The second kappa shape index (κ2) is 7.11. The Hall–Kier alpha value is -2.34. The molecule has 1 aliphatic carbocycles. The third-order valence-corrected chi connectivity index (χ3v) is 5.37. The van der Waals surface area contributed by atoms with Crippen molar-refractivity contribution < 1.29 is 9.53 Å². The lowest BCUT2D eigenvalue weighted by atomic mass is 10.0. The molecule has 1 amide bonds. The molecule has 0 unspecified atom stereocenters. The minimum Gasteiger partial charge on any atom is -0.496 e. The highest BCUT2D eigenvalue weighted by Gasteiger charge is 2.19. The minimum absolute atomic E-state index is 0.129. The van der Waals surface area contributed by atoms with Crippen molar-refractivity contribution in [1.82, 2.24) is 20.0 Å². The number of benzene rings is 1. The quantitative estimate of drug-likeness (QED) is 0.914. The van der Waals surface area contributed by atoms with Gasteiger partial charge in [-0.15, -0.1) is 0 Å². The van der Waals surface area contributed by atoms with Gasteiger partial charge in [0.25, 0.3) is 5.91 Å². The molecule has 1 N–H and O–H groups in total. The molecule has 0 fully saturated rings. The Bertz CT molecular complexity index is 827. The first kappa shape index (κ1) is 17.1. The molecule has 1 aromatic carbocycles. The number of aromatic nitrogens is 2. The van der Waals surface area contributed by atoms with Gasteiger partial charge in [-0.1, -0.05) is 6.07 Å². The summed E-state index contributed by atoms with van der Waals surface area (Å²) in [5.74, 6) is 0.726. The number of ether oxygens (including phenoxy) is 1. The van der Waals surface area contributed by atoms with Crippen LogP contribution >= 0.6 is 0 Å². The molecule has 6 nitrogen and oxygen atoms in total. The second-order valence-corrected chi connectivity index (χ2v) is 7.30. The van der Waals surface area contributed by atoms with Crippen LogP contribution in [0.5, 0.6) is 5.75 Å². The summed E-state index contributed by atoms with van der Waals surface area (Å²) in [4.78, 5) is 14.9. The molecule has 1 aromatic heterocycles. The van der Waals surface area contributed by atoms with Crippen LogP contribution in [0.1, 0.15) is 45.7 Å². The van der Waals surface area contributed by atoms with Gasteiger partial charge in [-0.2, -0.15) is 5.10 Å².